The van der Waals surface area contributed by atoms with Gasteiger partial charge in [-0.2, -0.15) is 8.42 Å². The molecule has 4 N–H and O–H groups in total. The lowest BCUT2D eigenvalue weighted by atomic mass is 10.00. The van der Waals surface area contributed by atoms with E-state index in [1.165, 1.54) is 122 Å². The molecule has 362 valence electrons. The first-order valence-electron chi connectivity index (χ1n) is 24.5. The Morgan fingerprint density at radius 2 is 0.968 bits per heavy atom. The highest BCUT2D eigenvalue weighted by Crippen LogP contribution is 2.24. The molecule has 0 bridgehead atoms. The minimum Gasteiger partial charge on any atom is -0.462 e. The Morgan fingerprint density at radius 1 is 0.548 bits per heavy atom. The quantitative estimate of drug-likeness (QED) is 0.0197. The Bertz CT molecular complexity index is 1290. The largest absolute Gasteiger partial charge is 0.462 e. The van der Waals surface area contributed by atoms with Gasteiger partial charge in [0.25, 0.3) is 10.1 Å². The lowest BCUT2D eigenvalue weighted by Crippen LogP contribution is -2.60. The maximum absolute atomic E-state index is 12.8. The van der Waals surface area contributed by atoms with Crippen molar-refractivity contribution in [1.82, 2.24) is 0 Å². The van der Waals surface area contributed by atoms with Crippen molar-refractivity contribution in [2.24, 2.45) is 0 Å². The minimum atomic E-state index is -4.61. The number of aliphatic hydroxyl groups is 3. The van der Waals surface area contributed by atoms with Crippen molar-refractivity contribution in [3.05, 3.63) is 36.5 Å². The Morgan fingerprint density at radius 3 is 1.47 bits per heavy atom. The summed E-state index contributed by atoms with van der Waals surface area (Å²) in [7, 11) is -4.61. The van der Waals surface area contributed by atoms with E-state index < -0.39 is 71.2 Å². The molecule has 2 unspecified atom stereocenters. The fraction of sp³-hybridized carbons (Fsp3) is 0.837. The lowest BCUT2D eigenvalue weighted by Gasteiger charge is -2.40. The van der Waals surface area contributed by atoms with Gasteiger partial charge in [-0.25, -0.2) is 0 Å². The van der Waals surface area contributed by atoms with Crippen LogP contribution in [0.5, 0.6) is 0 Å². The van der Waals surface area contributed by atoms with Crippen LogP contribution in [0.4, 0.5) is 0 Å². The first-order chi connectivity index (χ1) is 30.0. The van der Waals surface area contributed by atoms with Crippen LogP contribution in [-0.2, 0) is 38.7 Å². The van der Waals surface area contributed by atoms with E-state index in [1.54, 1.807) is 0 Å². The fourth-order valence-corrected chi connectivity index (χ4v) is 8.04. The molecule has 0 aromatic carbocycles. The summed E-state index contributed by atoms with van der Waals surface area (Å²) >= 11 is 0. The first-order valence-corrected chi connectivity index (χ1v) is 26.2. The summed E-state index contributed by atoms with van der Waals surface area (Å²) < 4.78 is 54.1. The molecule has 0 radical (unpaired) electrons. The molecule has 0 aromatic heterocycles. The maximum Gasteiger partial charge on any atom is 0.306 e. The number of rotatable bonds is 41. The van der Waals surface area contributed by atoms with Crippen LogP contribution in [0.25, 0.3) is 0 Å². The van der Waals surface area contributed by atoms with Crippen LogP contribution < -0.4 is 0 Å². The Hall–Kier alpha value is -2.13. The number of hydrogen-bond donors (Lipinski definition) is 4. The molecule has 0 amide bonds. The average Bonchev–Trinajstić information content (AvgIpc) is 3.24. The molecule has 0 aliphatic carbocycles. The predicted molar refractivity (Wildman–Crippen MR) is 247 cm³/mol. The highest BCUT2D eigenvalue weighted by Gasteiger charge is 2.46. The second kappa shape index (κ2) is 39.3. The second-order valence-corrected chi connectivity index (χ2v) is 18.6. The predicted octanol–water partition coefficient (Wildman–Crippen LogP) is 10.6. The van der Waals surface area contributed by atoms with Crippen LogP contribution in [0.1, 0.15) is 206 Å². The number of allylic oxidation sites excluding steroid dienone is 6. The lowest BCUT2D eigenvalue weighted by molar-refractivity contribution is -0.297. The van der Waals surface area contributed by atoms with E-state index in [9.17, 15) is 37.9 Å². The summed E-state index contributed by atoms with van der Waals surface area (Å²) in [6, 6.07) is 0. The van der Waals surface area contributed by atoms with Crippen molar-refractivity contribution < 1.29 is 56.8 Å². The van der Waals surface area contributed by atoms with E-state index in [4.69, 9.17) is 18.9 Å². The summed E-state index contributed by atoms with van der Waals surface area (Å²) in [5.74, 6) is -2.02. The molecule has 13 heteroatoms. The third-order valence-corrected chi connectivity index (χ3v) is 11.9. The van der Waals surface area contributed by atoms with Gasteiger partial charge in [0.05, 0.1) is 6.61 Å². The highest BCUT2D eigenvalue weighted by atomic mass is 32.2. The molecule has 1 fully saturated rings. The smallest absolute Gasteiger partial charge is 0.306 e. The Kier molecular flexibility index (Phi) is 36.6. The topological polar surface area (TPSA) is 186 Å². The van der Waals surface area contributed by atoms with E-state index in [-0.39, 0.29) is 19.4 Å². The van der Waals surface area contributed by atoms with Gasteiger partial charge >= 0.3 is 11.9 Å². The van der Waals surface area contributed by atoms with E-state index >= 15 is 0 Å². The van der Waals surface area contributed by atoms with Crippen LogP contribution in [0, 0.1) is 0 Å². The van der Waals surface area contributed by atoms with Gasteiger partial charge < -0.3 is 34.3 Å². The van der Waals surface area contributed by atoms with E-state index in [1.807, 2.05) is 0 Å². The van der Waals surface area contributed by atoms with Crippen molar-refractivity contribution in [3.63, 3.8) is 0 Å². The second-order valence-electron chi connectivity index (χ2n) is 17.1. The maximum atomic E-state index is 12.8. The fourth-order valence-electron chi connectivity index (χ4n) is 7.35. The zero-order valence-corrected chi connectivity index (χ0v) is 39.5. The molecule has 1 aliphatic rings. The normalized spacial score (nSPS) is 20.1. The van der Waals surface area contributed by atoms with Gasteiger partial charge in [-0.3, -0.25) is 14.1 Å². The molecule has 12 nitrogen and oxygen atoms in total. The average molecular weight is 901 g/mol. The molecule has 0 aromatic rings. The number of aliphatic hydroxyl groups excluding tert-OH is 3. The third-order valence-electron chi connectivity index (χ3n) is 11.2. The van der Waals surface area contributed by atoms with Crippen LogP contribution in [0.15, 0.2) is 36.5 Å². The summed E-state index contributed by atoms with van der Waals surface area (Å²) in [6.45, 7) is 3.73. The van der Waals surface area contributed by atoms with E-state index in [0.717, 1.165) is 44.9 Å². The number of ether oxygens (including phenoxy) is 4. The SMILES string of the molecule is CCCCCCCC/C=C/C/C=C/CCCCC(=O)O[C@H](COC(=O)CCCCCCCCCCC/C=C/CCCCCCCC)CO[C@H]1O[C@H](CS(=O)(=O)O)[C@@H](O)C(O)C1O. The summed E-state index contributed by atoms with van der Waals surface area (Å²) in [6.07, 6.45) is 36.2. The number of hydrogen-bond acceptors (Lipinski definition) is 11. The molecule has 1 aliphatic heterocycles. The van der Waals surface area contributed by atoms with Gasteiger partial charge in [-0.05, 0) is 70.6 Å². The summed E-state index contributed by atoms with van der Waals surface area (Å²) in [4.78, 5) is 25.4. The van der Waals surface area contributed by atoms with Crippen LogP contribution >= 0.6 is 0 Å². The molecular weight excluding hydrogens is 813 g/mol. The summed E-state index contributed by atoms with van der Waals surface area (Å²) in [5.41, 5.74) is 0. The zero-order valence-electron chi connectivity index (χ0n) is 38.7. The van der Waals surface area contributed by atoms with Gasteiger partial charge in [0, 0.05) is 12.8 Å². The molecule has 1 rings (SSSR count). The summed E-state index contributed by atoms with van der Waals surface area (Å²) in [5, 5.41) is 30.9. The number of esters is 2. The third kappa shape index (κ3) is 33.4. The number of carbonyl (C=O) groups excluding carboxylic acids is 2. The van der Waals surface area contributed by atoms with Crippen LogP contribution in [-0.4, -0.2) is 96.0 Å². The molecular formula is C49H88O12S. The minimum absolute atomic E-state index is 0.122. The van der Waals surface area contributed by atoms with Crippen molar-refractivity contribution in [3.8, 4) is 0 Å². The Balaban J connectivity index is 2.41. The van der Waals surface area contributed by atoms with E-state index in [2.05, 4.69) is 50.3 Å². The van der Waals surface area contributed by atoms with E-state index in [0.29, 0.717) is 12.8 Å². The molecule has 0 spiro atoms. The van der Waals surface area contributed by atoms with Gasteiger partial charge in [-0.15, -0.1) is 0 Å². The van der Waals surface area contributed by atoms with Crippen molar-refractivity contribution in [2.75, 3.05) is 19.0 Å². The van der Waals surface area contributed by atoms with Gasteiger partial charge in [0.2, 0.25) is 0 Å². The van der Waals surface area contributed by atoms with Crippen LogP contribution in [0.2, 0.25) is 0 Å². The van der Waals surface area contributed by atoms with Gasteiger partial charge in [0.1, 0.15) is 36.8 Å². The van der Waals surface area contributed by atoms with Crippen LogP contribution in [0.3, 0.4) is 0 Å². The van der Waals surface area contributed by atoms with Crippen molar-refractivity contribution in [1.29, 1.82) is 0 Å². The molecule has 62 heavy (non-hydrogen) atoms. The van der Waals surface area contributed by atoms with Crippen molar-refractivity contribution >= 4 is 22.1 Å². The van der Waals surface area contributed by atoms with Gasteiger partial charge in [-0.1, -0.05) is 159 Å². The molecule has 1 saturated heterocycles. The number of unbranched alkanes of at least 4 members (excludes halogenated alkanes) is 23. The van der Waals surface area contributed by atoms with Gasteiger partial charge in [0.15, 0.2) is 12.4 Å². The number of carbonyl (C=O) groups is 2. The monoisotopic (exact) mass is 901 g/mol. The standard InChI is InChI=1S/C49H88O12S/c1-3-5-7-9-11-13-15-17-19-20-21-22-24-25-27-29-31-33-35-37-44(50)58-39-42(40-59-49-48(54)47(53)46(52)43(61-49)41-62(55,56)57)60-45(51)38-36-34-32-30-28-26-23-18-16-14-12-10-8-6-4-2/h17-19,23,28,30,42-43,46-49,52-54H,3-16,20-22,24-27,29,31-41H2,1-2H3,(H,55,56,57)/b19-17+,23-18+,30-28+/t42-,43-,46-,47?,48?,49+/m1/s1. The highest BCUT2D eigenvalue weighted by molar-refractivity contribution is 7.85. The van der Waals surface area contributed by atoms with Crippen molar-refractivity contribution in [2.45, 2.75) is 243 Å². The molecule has 0 saturated carbocycles. The Labute approximate surface area is 376 Å². The molecule has 1 heterocycles. The first kappa shape index (κ1) is 57.9. The zero-order chi connectivity index (χ0) is 45.5. The molecule has 6 atom stereocenters.